The number of anilines is 1. The van der Waals surface area contributed by atoms with E-state index < -0.39 is 5.97 Å². The van der Waals surface area contributed by atoms with Crippen LogP contribution >= 0.6 is 11.3 Å². The Bertz CT molecular complexity index is 699. The van der Waals surface area contributed by atoms with Crippen LogP contribution in [0.3, 0.4) is 0 Å². The molecule has 1 aromatic heterocycles. The minimum atomic E-state index is -0.829. The van der Waals surface area contributed by atoms with Gasteiger partial charge in [0.25, 0.3) is 0 Å². The molecule has 1 aliphatic heterocycles. The van der Waals surface area contributed by atoms with Crippen LogP contribution in [0.4, 0.5) is 5.69 Å². The van der Waals surface area contributed by atoms with E-state index in [4.69, 9.17) is 5.11 Å². The van der Waals surface area contributed by atoms with Crippen molar-refractivity contribution in [2.45, 2.75) is 32.4 Å². The van der Waals surface area contributed by atoms with E-state index in [0.29, 0.717) is 10.9 Å². The Morgan fingerprint density at radius 3 is 2.79 bits per heavy atom. The van der Waals surface area contributed by atoms with Crippen LogP contribution in [0.2, 0.25) is 0 Å². The van der Waals surface area contributed by atoms with Gasteiger partial charge in [-0.3, -0.25) is 4.90 Å². The third-order valence-corrected chi connectivity index (χ3v) is 5.87. The highest BCUT2D eigenvalue weighted by atomic mass is 32.1. The summed E-state index contributed by atoms with van der Waals surface area (Å²) in [7, 11) is 2.15. The van der Waals surface area contributed by atoms with E-state index in [-0.39, 0.29) is 0 Å². The second kappa shape index (κ2) is 7.36. The van der Waals surface area contributed by atoms with Crippen LogP contribution in [0, 0.1) is 6.92 Å². The molecule has 0 spiro atoms. The molecule has 1 saturated heterocycles. The lowest BCUT2D eigenvalue weighted by molar-refractivity contribution is 0.0702. The molecule has 4 nitrogen and oxygen atoms in total. The van der Waals surface area contributed by atoms with Crippen molar-refractivity contribution in [2.75, 3.05) is 25.0 Å². The number of benzene rings is 1. The first-order valence-electron chi connectivity index (χ1n) is 8.37. The Hall–Kier alpha value is -1.85. The maximum atomic E-state index is 11.1. The SMILES string of the molecule is Cc1sc(C(=O)O)cc1CN(C)C1CCCN(c2ccccc2)C1. The van der Waals surface area contributed by atoms with E-state index in [9.17, 15) is 4.79 Å². The van der Waals surface area contributed by atoms with Crippen molar-refractivity contribution in [1.82, 2.24) is 4.90 Å². The zero-order chi connectivity index (χ0) is 17.1. The van der Waals surface area contributed by atoms with Crippen LogP contribution in [0.5, 0.6) is 0 Å². The highest BCUT2D eigenvalue weighted by molar-refractivity contribution is 7.14. The number of thiophene rings is 1. The van der Waals surface area contributed by atoms with E-state index in [1.807, 2.05) is 13.0 Å². The van der Waals surface area contributed by atoms with Crippen molar-refractivity contribution >= 4 is 23.0 Å². The molecule has 1 N–H and O–H groups in total. The number of aryl methyl sites for hydroxylation is 1. The van der Waals surface area contributed by atoms with Crippen molar-refractivity contribution in [1.29, 1.82) is 0 Å². The maximum absolute atomic E-state index is 11.1. The minimum Gasteiger partial charge on any atom is -0.477 e. The molecule has 1 aromatic carbocycles. The fraction of sp³-hybridized carbons (Fsp3) is 0.421. The average Bonchev–Trinajstić information content (AvgIpc) is 2.97. The zero-order valence-electron chi connectivity index (χ0n) is 14.2. The van der Waals surface area contributed by atoms with Crippen molar-refractivity contribution in [2.24, 2.45) is 0 Å². The van der Waals surface area contributed by atoms with E-state index in [1.54, 1.807) is 0 Å². The molecular weight excluding hydrogens is 320 g/mol. The Kier molecular flexibility index (Phi) is 5.21. The summed E-state index contributed by atoms with van der Waals surface area (Å²) in [4.78, 5) is 17.5. The van der Waals surface area contributed by atoms with E-state index in [2.05, 4.69) is 47.2 Å². The fourth-order valence-electron chi connectivity index (χ4n) is 3.37. The first kappa shape index (κ1) is 17.0. The molecule has 2 aromatic rings. The summed E-state index contributed by atoms with van der Waals surface area (Å²) in [6.07, 6.45) is 2.38. The Balaban J connectivity index is 1.66. The quantitative estimate of drug-likeness (QED) is 0.895. The minimum absolute atomic E-state index is 0.436. The van der Waals surface area contributed by atoms with Crippen molar-refractivity contribution in [3.05, 3.63) is 51.7 Å². The molecule has 1 fully saturated rings. The van der Waals surface area contributed by atoms with Gasteiger partial charge in [0.1, 0.15) is 4.88 Å². The highest BCUT2D eigenvalue weighted by Crippen LogP contribution is 2.26. The molecule has 0 radical (unpaired) electrons. The summed E-state index contributed by atoms with van der Waals surface area (Å²) in [5.41, 5.74) is 2.42. The summed E-state index contributed by atoms with van der Waals surface area (Å²) in [5, 5.41) is 9.16. The van der Waals surface area contributed by atoms with Crippen molar-refractivity contribution < 1.29 is 9.90 Å². The molecular formula is C19H24N2O2S. The van der Waals surface area contributed by atoms with E-state index in [1.165, 1.54) is 29.9 Å². The number of carbonyl (C=O) groups is 1. The number of piperidine rings is 1. The van der Waals surface area contributed by atoms with Crippen LogP contribution in [0.1, 0.15) is 33.0 Å². The molecule has 0 saturated carbocycles. The van der Waals surface area contributed by atoms with Gasteiger partial charge in [0, 0.05) is 36.2 Å². The van der Waals surface area contributed by atoms with Crippen molar-refractivity contribution in [3.63, 3.8) is 0 Å². The number of nitrogens with zero attached hydrogens (tertiary/aromatic N) is 2. The molecule has 0 amide bonds. The lowest BCUT2D eigenvalue weighted by atomic mass is 10.0. The molecule has 1 atom stereocenters. The normalized spacial score (nSPS) is 18.1. The Labute approximate surface area is 147 Å². The number of carboxylic acids is 1. The summed E-state index contributed by atoms with van der Waals surface area (Å²) in [6, 6.07) is 12.9. The third-order valence-electron chi connectivity index (χ3n) is 4.79. The van der Waals surface area contributed by atoms with Crippen LogP contribution in [-0.4, -0.2) is 42.2 Å². The van der Waals surface area contributed by atoms with Gasteiger partial charge in [-0.15, -0.1) is 11.3 Å². The van der Waals surface area contributed by atoms with Gasteiger partial charge in [-0.25, -0.2) is 4.79 Å². The molecule has 24 heavy (non-hydrogen) atoms. The molecule has 1 aliphatic rings. The Morgan fingerprint density at radius 1 is 1.38 bits per heavy atom. The molecule has 2 heterocycles. The summed E-state index contributed by atoms with van der Waals surface area (Å²) < 4.78 is 0. The molecule has 3 rings (SSSR count). The van der Waals surface area contributed by atoms with Gasteiger partial charge >= 0.3 is 5.97 Å². The number of carboxylic acid groups (broad SMARTS) is 1. The summed E-state index contributed by atoms with van der Waals surface area (Å²) in [6.45, 7) is 4.95. The predicted molar refractivity (Wildman–Crippen MR) is 99.2 cm³/mol. The smallest absolute Gasteiger partial charge is 0.345 e. The number of hydrogen-bond acceptors (Lipinski definition) is 4. The topological polar surface area (TPSA) is 43.8 Å². The molecule has 128 valence electrons. The van der Waals surface area contributed by atoms with Crippen molar-refractivity contribution in [3.8, 4) is 0 Å². The number of para-hydroxylation sites is 1. The number of hydrogen-bond donors (Lipinski definition) is 1. The number of aromatic carboxylic acids is 1. The van der Waals surface area contributed by atoms with Gasteiger partial charge in [-0.2, -0.15) is 0 Å². The van der Waals surface area contributed by atoms with E-state index >= 15 is 0 Å². The van der Waals surface area contributed by atoms with Gasteiger partial charge in [0.05, 0.1) is 0 Å². The van der Waals surface area contributed by atoms with Gasteiger partial charge in [-0.05, 0) is 50.6 Å². The van der Waals surface area contributed by atoms with E-state index in [0.717, 1.165) is 30.1 Å². The lowest BCUT2D eigenvalue weighted by Gasteiger charge is -2.39. The molecule has 5 heteroatoms. The lowest BCUT2D eigenvalue weighted by Crippen LogP contribution is -2.46. The number of likely N-dealkylation sites (N-methyl/N-ethyl adjacent to an activating group) is 1. The van der Waals surface area contributed by atoms with Crippen LogP contribution in [0.15, 0.2) is 36.4 Å². The fourth-order valence-corrected chi connectivity index (χ4v) is 4.24. The molecule has 0 bridgehead atoms. The molecule has 0 aliphatic carbocycles. The monoisotopic (exact) mass is 344 g/mol. The Morgan fingerprint density at radius 2 is 2.12 bits per heavy atom. The van der Waals surface area contributed by atoms with Gasteiger partial charge in [-0.1, -0.05) is 18.2 Å². The maximum Gasteiger partial charge on any atom is 0.345 e. The van der Waals surface area contributed by atoms with Crippen LogP contribution in [-0.2, 0) is 6.54 Å². The molecule has 1 unspecified atom stereocenters. The van der Waals surface area contributed by atoms with Gasteiger partial charge in [0.2, 0.25) is 0 Å². The van der Waals surface area contributed by atoms with Gasteiger partial charge < -0.3 is 10.0 Å². The largest absolute Gasteiger partial charge is 0.477 e. The zero-order valence-corrected chi connectivity index (χ0v) is 15.1. The second-order valence-corrected chi connectivity index (χ2v) is 7.75. The van der Waals surface area contributed by atoms with Crippen LogP contribution in [0.25, 0.3) is 0 Å². The van der Waals surface area contributed by atoms with Crippen LogP contribution < -0.4 is 4.90 Å². The standard InChI is InChI=1S/C19H24N2O2S/c1-14-15(11-18(24-14)19(22)23)12-20(2)17-9-6-10-21(13-17)16-7-4-3-5-8-16/h3-5,7-8,11,17H,6,9-10,12-13H2,1-2H3,(H,22,23). The average molecular weight is 344 g/mol. The second-order valence-electron chi connectivity index (χ2n) is 6.49. The summed E-state index contributed by atoms with van der Waals surface area (Å²) >= 11 is 1.37. The van der Waals surface area contributed by atoms with Gasteiger partial charge in [0.15, 0.2) is 0 Å². The number of rotatable bonds is 5. The predicted octanol–water partition coefficient (Wildman–Crippen LogP) is 3.86. The highest BCUT2D eigenvalue weighted by Gasteiger charge is 2.24. The third kappa shape index (κ3) is 3.79. The summed E-state index contributed by atoms with van der Waals surface area (Å²) in [5.74, 6) is -0.829. The first-order valence-corrected chi connectivity index (χ1v) is 9.19. The first-order chi connectivity index (χ1) is 11.5.